The monoisotopic (exact) mass is 390 g/mol. The second-order valence-corrected chi connectivity index (χ2v) is 7.35. The predicted molar refractivity (Wildman–Crippen MR) is 105 cm³/mol. The molecular weight excluding hydrogens is 371 g/mol. The van der Waals surface area contributed by atoms with Crippen molar-refractivity contribution in [3.8, 4) is 0 Å². The van der Waals surface area contributed by atoms with Gasteiger partial charge in [0.2, 0.25) is 11.8 Å². The van der Waals surface area contributed by atoms with E-state index in [0.717, 1.165) is 23.2 Å². The van der Waals surface area contributed by atoms with Crippen molar-refractivity contribution in [2.24, 2.45) is 5.92 Å². The van der Waals surface area contributed by atoms with Crippen LogP contribution in [0.1, 0.15) is 17.5 Å². The average molecular weight is 391 g/mol. The Morgan fingerprint density at radius 1 is 1.19 bits per heavy atom. The molecule has 1 N–H and O–H groups in total. The lowest BCUT2D eigenvalue weighted by Crippen LogP contribution is -2.34. The summed E-state index contributed by atoms with van der Waals surface area (Å²) in [6.45, 7) is 2.82. The molecule has 0 bridgehead atoms. The van der Waals surface area contributed by atoms with E-state index in [2.05, 4.69) is 5.32 Å². The average Bonchev–Trinajstić information content (AvgIpc) is 3.01. The second-order valence-electron chi connectivity index (χ2n) is 6.51. The van der Waals surface area contributed by atoms with Crippen molar-refractivity contribution in [3.63, 3.8) is 0 Å². The van der Waals surface area contributed by atoms with Crippen LogP contribution in [0.5, 0.6) is 0 Å². The molecule has 6 heteroatoms. The van der Waals surface area contributed by atoms with Crippen LogP contribution in [0, 0.1) is 12.8 Å². The molecule has 0 aliphatic carbocycles. The van der Waals surface area contributed by atoms with Gasteiger partial charge in [-0.25, -0.2) is 0 Å². The third-order valence-corrected chi connectivity index (χ3v) is 5.25. The first kappa shape index (κ1) is 18.7. The first-order valence-electron chi connectivity index (χ1n) is 8.52. The molecule has 1 aliphatic heterocycles. The molecule has 0 saturated carbocycles. The van der Waals surface area contributed by atoms with Crippen LogP contribution in [0.25, 0.3) is 0 Å². The highest BCUT2D eigenvalue weighted by molar-refractivity contribution is 6.31. The summed E-state index contributed by atoms with van der Waals surface area (Å²) in [6, 6.07) is 13.1. The number of aryl methyl sites for hydroxylation is 1. The molecule has 2 aromatic carbocycles. The van der Waals surface area contributed by atoms with Crippen molar-refractivity contribution >= 4 is 40.7 Å². The lowest BCUT2D eigenvalue weighted by atomic mass is 10.1. The largest absolute Gasteiger partial charge is 0.355 e. The summed E-state index contributed by atoms with van der Waals surface area (Å²) >= 11 is 12.0. The Morgan fingerprint density at radius 3 is 2.62 bits per heavy atom. The van der Waals surface area contributed by atoms with Gasteiger partial charge in [-0.2, -0.15) is 0 Å². The van der Waals surface area contributed by atoms with Gasteiger partial charge in [0.05, 0.1) is 5.92 Å². The fraction of sp³-hybridized carbons (Fsp3) is 0.300. The first-order chi connectivity index (χ1) is 12.4. The van der Waals surface area contributed by atoms with E-state index < -0.39 is 0 Å². The zero-order valence-corrected chi connectivity index (χ0v) is 16.0. The quantitative estimate of drug-likeness (QED) is 0.837. The number of amides is 2. The number of carbonyl (C=O) groups excluding carboxylic acids is 2. The van der Waals surface area contributed by atoms with E-state index in [0.29, 0.717) is 23.1 Å². The van der Waals surface area contributed by atoms with Crippen LogP contribution >= 0.6 is 23.2 Å². The first-order valence-corrected chi connectivity index (χ1v) is 9.28. The molecule has 1 aliphatic rings. The van der Waals surface area contributed by atoms with E-state index in [1.54, 1.807) is 11.0 Å². The number of halogens is 2. The van der Waals surface area contributed by atoms with E-state index in [1.807, 2.05) is 43.3 Å². The summed E-state index contributed by atoms with van der Waals surface area (Å²) in [4.78, 5) is 26.3. The predicted octanol–water partition coefficient (Wildman–Crippen LogP) is 4.01. The fourth-order valence-corrected chi connectivity index (χ4v) is 3.31. The van der Waals surface area contributed by atoms with E-state index in [9.17, 15) is 9.59 Å². The lowest BCUT2D eigenvalue weighted by molar-refractivity contribution is -0.126. The molecule has 4 nitrogen and oxygen atoms in total. The second kappa shape index (κ2) is 8.11. The summed E-state index contributed by atoms with van der Waals surface area (Å²) in [5.41, 5.74) is 2.80. The Bertz CT molecular complexity index is 821. The van der Waals surface area contributed by atoms with Gasteiger partial charge in [-0.05, 0) is 48.7 Å². The van der Waals surface area contributed by atoms with Gasteiger partial charge in [-0.15, -0.1) is 0 Å². The van der Waals surface area contributed by atoms with E-state index in [1.165, 1.54) is 0 Å². The molecule has 1 atom stereocenters. The molecule has 2 amide bonds. The minimum absolute atomic E-state index is 0.0530. The Kier molecular flexibility index (Phi) is 5.84. The molecule has 0 radical (unpaired) electrons. The summed E-state index contributed by atoms with van der Waals surface area (Å²) in [7, 11) is 0. The maximum atomic E-state index is 12.4. The smallest absolute Gasteiger partial charge is 0.227 e. The van der Waals surface area contributed by atoms with Crippen molar-refractivity contribution < 1.29 is 9.59 Å². The highest BCUT2D eigenvalue weighted by Crippen LogP contribution is 2.28. The van der Waals surface area contributed by atoms with Crippen LogP contribution in [-0.4, -0.2) is 24.9 Å². The Hall–Kier alpha value is -2.04. The highest BCUT2D eigenvalue weighted by atomic mass is 35.5. The van der Waals surface area contributed by atoms with Crippen molar-refractivity contribution in [2.45, 2.75) is 19.8 Å². The number of hydrogen-bond acceptors (Lipinski definition) is 2. The maximum absolute atomic E-state index is 12.4. The fourth-order valence-electron chi connectivity index (χ4n) is 3.01. The van der Waals surface area contributed by atoms with Crippen LogP contribution in [0.4, 0.5) is 5.69 Å². The number of nitrogens with zero attached hydrogens (tertiary/aromatic N) is 1. The Balaban J connectivity index is 1.54. The number of benzene rings is 2. The van der Waals surface area contributed by atoms with Gasteiger partial charge in [-0.3, -0.25) is 9.59 Å². The maximum Gasteiger partial charge on any atom is 0.227 e. The van der Waals surface area contributed by atoms with Crippen LogP contribution in [0.3, 0.4) is 0 Å². The van der Waals surface area contributed by atoms with E-state index in [-0.39, 0.29) is 24.2 Å². The molecule has 1 unspecified atom stereocenters. The minimum atomic E-state index is -0.340. The lowest BCUT2D eigenvalue weighted by Gasteiger charge is -2.17. The van der Waals surface area contributed by atoms with Crippen molar-refractivity contribution in [1.29, 1.82) is 0 Å². The van der Waals surface area contributed by atoms with Crippen molar-refractivity contribution in [2.75, 3.05) is 18.0 Å². The Morgan fingerprint density at radius 2 is 1.92 bits per heavy atom. The number of hydrogen-bond donors (Lipinski definition) is 1. The van der Waals surface area contributed by atoms with Gasteiger partial charge in [0.1, 0.15) is 0 Å². The zero-order valence-electron chi connectivity index (χ0n) is 14.5. The Labute approximate surface area is 163 Å². The van der Waals surface area contributed by atoms with Crippen molar-refractivity contribution in [1.82, 2.24) is 5.32 Å². The highest BCUT2D eigenvalue weighted by Gasteiger charge is 2.35. The number of rotatable bonds is 5. The summed E-state index contributed by atoms with van der Waals surface area (Å²) in [5, 5.41) is 4.23. The molecule has 1 heterocycles. The van der Waals surface area contributed by atoms with Gasteiger partial charge < -0.3 is 10.2 Å². The minimum Gasteiger partial charge on any atom is -0.355 e. The van der Waals surface area contributed by atoms with Crippen LogP contribution in [0.15, 0.2) is 42.5 Å². The van der Waals surface area contributed by atoms with Gasteiger partial charge in [0, 0.05) is 35.2 Å². The number of carbonyl (C=O) groups is 2. The molecule has 3 rings (SSSR count). The molecule has 0 aromatic heterocycles. The zero-order chi connectivity index (χ0) is 18.7. The van der Waals surface area contributed by atoms with Gasteiger partial charge in [0.25, 0.3) is 0 Å². The third kappa shape index (κ3) is 4.37. The molecule has 26 heavy (non-hydrogen) atoms. The summed E-state index contributed by atoms with van der Waals surface area (Å²) in [6.07, 6.45) is 0.944. The molecule has 0 spiro atoms. The topological polar surface area (TPSA) is 49.4 Å². The van der Waals surface area contributed by atoms with Crippen LogP contribution in [-0.2, 0) is 16.0 Å². The van der Waals surface area contributed by atoms with Crippen molar-refractivity contribution in [3.05, 3.63) is 63.6 Å². The van der Waals surface area contributed by atoms with Crippen LogP contribution in [0.2, 0.25) is 10.0 Å². The molecule has 1 fully saturated rings. The molecule has 136 valence electrons. The normalized spacial score (nSPS) is 16.8. The summed E-state index contributed by atoms with van der Waals surface area (Å²) < 4.78 is 0. The third-order valence-electron chi connectivity index (χ3n) is 4.59. The van der Waals surface area contributed by atoms with Gasteiger partial charge >= 0.3 is 0 Å². The molecule has 2 aromatic rings. The number of anilines is 1. The standard InChI is InChI=1S/C20H20Cl2N2O2/c1-13-2-7-17(11-18(13)22)24-12-15(10-19(24)25)20(26)23-9-8-14-3-5-16(21)6-4-14/h2-7,11,15H,8-10,12H2,1H3,(H,23,26). The summed E-state index contributed by atoms with van der Waals surface area (Å²) in [5.74, 6) is -0.483. The van der Waals surface area contributed by atoms with Gasteiger partial charge in [-0.1, -0.05) is 41.4 Å². The molecular formula is C20H20Cl2N2O2. The SMILES string of the molecule is Cc1ccc(N2CC(C(=O)NCCc3ccc(Cl)cc3)CC2=O)cc1Cl. The van der Waals surface area contributed by atoms with E-state index >= 15 is 0 Å². The molecule has 1 saturated heterocycles. The number of nitrogens with one attached hydrogen (secondary N) is 1. The van der Waals surface area contributed by atoms with Crippen LogP contribution < -0.4 is 10.2 Å². The van der Waals surface area contributed by atoms with E-state index in [4.69, 9.17) is 23.2 Å². The van der Waals surface area contributed by atoms with Gasteiger partial charge in [0.15, 0.2) is 0 Å².